The standard InChI is InChI=1S/C9H8BrNO2S.C7H4BrNO2S/c1-2-13-9(12)6-3-7-5(11-6)4-8(10)14-7;8-6-2-3-5(12-6)1-4(9-3)7(10)11/h3-4,11H,2H2,1H3;1-2,9H,(H,10,11). The monoisotopic (exact) mass is 518 g/mol. The topological polar surface area (TPSA) is 95.2 Å². The number of nitrogens with one attached hydrogen (secondary N) is 2. The van der Waals surface area contributed by atoms with Gasteiger partial charge in [-0.3, -0.25) is 0 Å². The van der Waals surface area contributed by atoms with Crippen molar-refractivity contribution >= 4 is 86.9 Å². The van der Waals surface area contributed by atoms with Crippen molar-refractivity contribution in [2.24, 2.45) is 0 Å². The Balaban J connectivity index is 0.000000152. The van der Waals surface area contributed by atoms with Crippen LogP contribution in [0.15, 0.2) is 31.8 Å². The first-order valence-electron chi connectivity index (χ1n) is 7.34. The Morgan fingerprint density at radius 2 is 1.50 bits per heavy atom. The summed E-state index contributed by atoms with van der Waals surface area (Å²) < 4.78 is 8.94. The van der Waals surface area contributed by atoms with E-state index in [-0.39, 0.29) is 11.7 Å². The highest BCUT2D eigenvalue weighted by Crippen LogP contribution is 2.30. The second kappa shape index (κ2) is 7.95. The molecule has 10 heteroatoms. The maximum absolute atomic E-state index is 11.3. The highest BCUT2D eigenvalue weighted by Gasteiger charge is 2.11. The number of fused-ring (bicyclic) bond motifs is 2. The molecule has 0 saturated heterocycles. The quantitative estimate of drug-likeness (QED) is 0.295. The number of carboxylic acid groups (broad SMARTS) is 1. The molecule has 0 fully saturated rings. The fourth-order valence-corrected chi connectivity index (χ4v) is 5.29. The summed E-state index contributed by atoms with van der Waals surface area (Å²) in [5.74, 6) is -1.22. The minimum absolute atomic E-state index is 0.240. The van der Waals surface area contributed by atoms with E-state index >= 15 is 0 Å². The summed E-state index contributed by atoms with van der Waals surface area (Å²) in [5.41, 5.74) is 2.58. The van der Waals surface area contributed by atoms with Gasteiger partial charge in [-0.1, -0.05) is 0 Å². The highest BCUT2D eigenvalue weighted by molar-refractivity contribution is 9.11. The smallest absolute Gasteiger partial charge is 0.354 e. The molecule has 3 N–H and O–H groups in total. The van der Waals surface area contributed by atoms with Crippen LogP contribution in [0.2, 0.25) is 0 Å². The molecule has 0 unspecified atom stereocenters. The van der Waals surface area contributed by atoms with Gasteiger partial charge in [-0.15, -0.1) is 22.7 Å². The molecule has 6 nitrogen and oxygen atoms in total. The Hall–Kier alpha value is -1.62. The fourth-order valence-electron chi connectivity index (χ4n) is 2.22. The number of aromatic nitrogens is 2. The van der Waals surface area contributed by atoms with Crippen molar-refractivity contribution < 1.29 is 19.4 Å². The van der Waals surface area contributed by atoms with E-state index in [2.05, 4.69) is 41.8 Å². The SMILES string of the molecule is CCOC(=O)c1cc2sc(Br)cc2[nH]1.O=C(O)c1cc2sc(Br)cc2[nH]1. The van der Waals surface area contributed by atoms with Crippen LogP contribution in [-0.2, 0) is 4.74 Å². The van der Waals surface area contributed by atoms with E-state index in [1.54, 1.807) is 24.3 Å². The van der Waals surface area contributed by atoms with Gasteiger partial charge in [-0.25, -0.2) is 9.59 Å². The van der Waals surface area contributed by atoms with Crippen LogP contribution in [0.5, 0.6) is 0 Å². The molecule has 0 aliphatic rings. The zero-order valence-electron chi connectivity index (χ0n) is 13.3. The molecule has 0 aromatic carbocycles. The summed E-state index contributed by atoms with van der Waals surface area (Å²) in [6.45, 7) is 2.19. The van der Waals surface area contributed by atoms with Crippen LogP contribution in [0.1, 0.15) is 27.9 Å². The van der Waals surface area contributed by atoms with Gasteiger partial charge < -0.3 is 19.8 Å². The van der Waals surface area contributed by atoms with Crippen molar-refractivity contribution in [3.8, 4) is 0 Å². The van der Waals surface area contributed by atoms with Crippen LogP contribution in [-0.4, -0.2) is 33.6 Å². The number of carbonyl (C=O) groups is 2. The molecule has 4 aromatic heterocycles. The number of aromatic amines is 2. The molecule has 4 heterocycles. The van der Waals surface area contributed by atoms with E-state index in [0.29, 0.717) is 12.3 Å². The van der Waals surface area contributed by atoms with Gasteiger partial charge in [0.2, 0.25) is 0 Å². The lowest BCUT2D eigenvalue weighted by molar-refractivity contribution is 0.0520. The van der Waals surface area contributed by atoms with Gasteiger partial charge >= 0.3 is 11.9 Å². The zero-order chi connectivity index (χ0) is 18.8. The molecule has 0 aliphatic heterocycles. The molecule has 0 bridgehead atoms. The van der Waals surface area contributed by atoms with E-state index in [1.165, 1.54) is 11.3 Å². The molecule has 0 spiro atoms. The number of rotatable bonds is 3. The lowest BCUT2D eigenvalue weighted by Gasteiger charge is -1.96. The Bertz CT molecular complexity index is 1030. The largest absolute Gasteiger partial charge is 0.477 e. The van der Waals surface area contributed by atoms with Gasteiger partial charge in [0.05, 0.1) is 34.6 Å². The molecule has 0 aliphatic carbocycles. The molecule has 136 valence electrons. The number of carboxylic acids is 1. The molecular weight excluding hydrogens is 508 g/mol. The maximum atomic E-state index is 11.3. The molecule has 4 rings (SSSR count). The summed E-state index contributed by atoms with van der Waals surface area (Å²) in [7, 11) is 0. The Labute approximate surface area is 172 Å². The number of halogens is 2. The van der Waals surface area contributed by atoms with Crippen LogP contribution in [0.25, 0.3) is 20.4 Å². The van der Waals surface area contributed by atoms with Crippen LogP contribution < -0.4 is 0 Å². The zero-order valence-corrected chi connectivity index (χ0v) is 18.1. The van der Waals surface area contributed by atoms with E-state index in [1.807, 2.05) is 18.2 Å². The van der Waals surface area contributed by atoms with E-state index in [9.17, 15) is 9.59 Å². The van der Waals surface area contributed by atoms with Crippen molar-refractivity contribution in [1.82, 2.24) is 9.97 Å². The van der Waals surface area contributed by atoms with Gasteiger partial charge in [0.1, 0.15) is 11.4 Å². The summed E-state index contributed by atoms with van der Waals surface area (Å²) in [6.07, 6.45) is 0. The fraction of sp³-hybridized carbons (Fsp3) is 0.125. The van der Waals surface area contributed by atoms with Crippen LogP contribution in [0, 0.1) is 0 Å². The first-order chi connectivity index (χ1) is 12.4. The third-order valence-corrected chi connectivity index (χ3v) is 6.45. The van der Waals surface area contributed by atoms with E-state index < -0.39 is 5.97 Å². The molecule has 0 amide bonds. The number of hydrogen-bond donors (Lipinski definition) is 3. The number of ether oxygens (including phenoxy) is 1. The third-order valence-electron chi connectivity index (χ3n) is 3.28. The molecule has 0 atom stereocenters. The maximum Gasteiger partial charge on any atom is 0.354 e. The van der Waals surface area contributed by atoms with Crippen LogP contribution in [0.3, 0.4) is 0 Å². The van der Waals surface area contributed by atoms with Gasteiger partial charge in [0.25, 0.3) is 0 Å². The summed E-state index contributed by atoms with van der Waals surface area (Å²) >= 11 is 9.79. The summed E-state index contributed by atoms with van der Waals surface area (Å²) in [4.78, 5) is 27.7. The van der Waals surface area contributed by atoms with Crippen LogP contribution in [0.4, 0.5) is 0 Å². The van der Waals surface area contributed by atoms with Crippen molar-refractivity contribution in [1.29, 1.82) is 0 Å². The highest BCUT2D eigenvalue weighted by atomic mass is 79.9. The van der Waals surface area contributed by atoms with E-state index in [4.69, 9.17) is 9.84 Å². The number of hydrogen-bond acceptors (Lipinski definition) is 5. The van der Waals surface area contributed by atoms with Gasteiger partial charge in [-0.05, 0) is 63.0 Å². The first kappa shape index (κ1) is 19.2. The molecular formula is C16H12Br2N2O4S2. The van der Waals surface area contributed by atoms with Crippen molar-refractivity contribution in [2.75, 3.05) is 6.61 Å². The molecule has 0 radical (unpaired) electrons. The average molecular weight is 520 g/mol. The third kappa shape index (κ3) is 4.20. The van der Waals surface area contributed by atoms with E-state index in [0.717, 1.165) is 28.0 Å². The van der Waals surface area contributed by atoms with Gasteiger partial charge in [0, 0.05) is 0 Å². The van der Waals surface area contributed by atoms with Crippen LogP contribution >= 0.6 is 54.5 Å². The van der Waals surface area contributed by atoms with Crippen molar-refractivity contribution in [3.05, 3.63) is 43.2 Å². The van der Waals surface area contributed by atoms with Gasteiger partial charge in [0.15, 0.2) is 0 Å². The normalized spacial score (nSPS) is 10.7. The van der Waals surface area contributed by atoms with Crippen molar-refractivity contribution in [2.45, 2.75) is 6.92 Å². The Morgan fingerprint density at radius 3 is 1.96 bits per heavy atom. The predicted molar refractivity (Wildman–Crippen MR) is 111 cm³/mol. The molecule has 26 heavy (non-hydrogen) atoms. The number of H-pyrrole nitrogens is 2. The molecule has 4 aromatic rings. The average Bonchev–Trinajstić information content (AvgIpc) is 3.26. The summed E-state index contributed by atoms with van der Waals surface area (Å²) in [5, 5.41) is 8.64. The van der Waals surface area contributed by atoms with Crippen molar-refractivity contribution in [3.63, 3.8) is 0 Å². The second-order valence-electron chi connectivity index (χ2n) is 5.05. The number of aromatic carboxylic acids is 1. The van der Waals surface area contributed by atoms with Gasteiger partial charge in [-0.2, -0.15) is 0 Å². The summed E-state index contributed by atoms with van der Waals surface area (Å²) in [6, 6.07) is 7.25. The minimum Gasteiger partial charge on any atom is -0.477 e. The first-order valence-corrected chi connectivity index (χ1v) is 10.6. The Kier molecular flexibility index (Phi) is 5.86. The Morgan fingerprint density at radius 1 is 1.00 bits per heavy atom. The lowest BCUT2D eigenvalue weighted by atomic mass is 10.4. The minimum atomic E-state index is -0.922. The predicted octanol–water partition coefficient (Wildman–Crippen LogP) is 5.86. The number of thiophene rings is 2. The molecule has 0 saturated carbocycles. The second-order valence-corrected chi connectivity index (χ2v) is 9.97. The number of esters is 1. The number of carbonyl (C=O) groups excluding carboxylic acids is 1. The lowest BCUT2D eigenvalue weighted by Crippen LogP contribution is -2.04.